The van der Waals surface area contributed by atoms with E-state index in [0.29, 0.717) is 12.1 Å². The number of nitrogens with one attached hydrogen (secondary N) is 2. The topological polar surface area (TPSA) is 66.9 Å². The molecule has 0 aliphatic carbocycles. The van der Waals surface area contributed by atoms with Gasteiger partial charge in [0.15, 0.2) is 0 Å². The summed E-state index contributed by atoms with van der Waals surface area (Å²) in [6.07, 6.45) is 3.97. The molecule has 1 aromatic rings. The predicted octanol–water partition coefficient (Wildman–Crippen LogP) is 1.36. The summed E-state index contributed by atoms with van der Waals surface area (Å²) in [7, 11) is 1.89. The van der Waals surface area contributed by atoms with Crippen LogP contribution in [0.1, 0.15) is 42.2 Å². The van der Waals surface area contributed by atoms with Crippen LogP contribution in [0, 0.1) is 0 Å². The first-order chi connectivity index (χ1) is 8.16. The van der Waals surface area contributed by atoms with Gasteiger partial charge in [0.05, 0.1) is 11.3 Å². The number of carbonyl (C=O) groups excluding carboxylic acids is 1. The first-order valence-corrected chi connectivity index (χ1v) is 5.89. The number of nitrogens with zero attached hydrogens (tertiary/aromatic N) is 2. The zero-order chi connectivity index (χ0) is 12.7. The number of halogens is 1. The largest absolute Gasteiger partial charge is 0.352 e. The van der Waals surface area contributed by atoms with E-state index in [1.54, 1.807) is 6.20 Å². The van der Waals surface area contributed by atoms with Crippen LogP contribution >= 0.6 is 12.4 Å². The van der Waals surface area contributed by atoms with Crippen molar-refractivity contribution in [2.45, 2.75) is 26.2 Å². The summed E-state index contributed by atoms with van der Waals surface area (Å²) >= 11 is 0. The van der Waals surface area contributed by atoms with Crippen LogP contribution in [0.15, 0.2) is 12.5 Å². The Hall–Kier alpha value is -1.20. The first-order valence-electron chi connectivity index (χ1n) is 5.89. The zero-order valence-corrected chi connectivity index (χ0v) is 11.9. The maximum atomic E-state index is 11.9. The van der Waals surface area contributed by atoms with Gasteiger partial charge in [-0.15, -0.1) is 12.4 Å². The van der Waals surface area contributed by atoms with E-state index in [2.05, 4.69) is 20.6 Å². The highest BCUT2D eigenvalue weighted by Crippen LogP contribution is 2.14. The second kappa shape index (κ2) is 8.83. The summed E-state index contributed by atoms with van der Waals surface area (Å²) in [6, 6.07) is 0. The lowest BCUT2D eigenvalue weighted by atomic mass is 10.0. The summed E-state index contributed by atoms with van der Waals surface area (Å²) in [5, 5.41) is 5.90. The molecule has 0 aliphatic heterocycles. The van der Waals surface area contributed by atoms with Gasteiger partial charge in [-0.05, 0) is 25.9 Å². The third kappa shape index (κ3) is 4.98. The molecule has 0 saturated heterocycles. The van der Waals surface area contributed by atoms with E-state index in [-0.39, 0.29) is 24.2 Å². The fourth-order valence-electron chi connectivity index (χ4n) is 1.54. The van der Waals surface area contributed by atoms with Gasteiger partial charge in [-0.2, -0.15) is 0 Å². The number of rotatable bonds is 6. The van der Waals surface area contributed by atoms with Crippen LogP contribution in [-0.2, 0) is 0 Å². The molecule has 1 rings (SSSR count). The summed E-state index contributed by atoms with van der Waals surface area (Å²) in [6.45, 7) is 5.58. The molecule has 0 bridgehead atoms. The molecule has 2 N–H and O–H groups in total. The SMILES string of the molecule is CNCCCNC(=O)c1cncnc1C(C)C.Cl. The van der Waals surface area contributed by atoms with Crippen LogP contribution in [0.2, 0.25) is 0 Å². The Balaban J connectivity index is 0.00000289. The number of amides is 1. The van der Waals surface area contributed by atoms with Crippen molar-refractivity contribution in [3.8, 4) is 0 Å². The molecule has 0 fully saturated rings. The summed E-state index contributed by atoms with van der Waals surface area (Å²) in [5.74, 6) is 0.126. The lowest BCUT2D eigenvalue weighted by Gasteiger charge is -2.10. The Morgan fingerprint density at radius 1 is 1.39 bits per heavy atom. The highest BCUT2D eigenvalue weighted by atomic mass is 35.5. The molecule has 1 heterocycles. The van der Waals surface area contributed by atoms with Crippen molar-refractivity contribution < 1.29 is 4.79 Å². The Kier molecular flexibility index (Phi) is 8.24. The van der Waals surface area contributed by atoms with E-state index in [9.17, 15) is 4.79 Å². The zero-order valence-electron chi connectivity index (χ0n) is 11.1. The molecule has 0 aliphatic rings. The summed E-state index contributed by atoms with van der Waals surface area (Å²) < 4.78 is 0. The van der Waals surface area contributed by atoms with Crippen molar-refractivity contribution in [2.24, 2.45) is 0 Å². The fraction of sp³-hybridized carbons (Fsp3) is 0.583. The maximum Gasteiger partial charge on any atom is 0.254 e. The highest BCUT2D eigenvalue weighted by molar-refractivity contribution is 5.95. The van der Waals surface area contributed by atoms with Crippen molar-refractivity contribution in [1.82, 2.24) is 20.6 Å². The van der Waals surface area contributed by atoms with Crippen LogP contribution in [0.3, 0.4) is 0 Å². The molecule has 1 aromatic heterocycles. The van der Waals surface area contributed by atoms with Crippen molar-refractivity contribution in [2.75, 3.05) is 20.1 Å². The summed E-state index contributed by atoms with van der Waals surface area (Å²) in [5.41, 5.74) is 1.37. The molecule has 0 spiro atoms. The molecular weight excluding hydrogens is 252 g/mol. The molecule has 0 unspecified atom stereocenters. The number of hydrogen-bond donors (Lipinski definition) is 2. The predicted molar refractivity (Wildman–Crippen MR) is 74.2 cm³/mol. The molecular formula is C12H21ClN4O. The second-order valence-electron chi connectivity index (χ2n) is 4.19. The van der Waals surface area contributed by atoms with Gasteiger partial charge in [-0.25, -0.2) is 9.97 Å². The van der Waals surface area contributed by atoms with Crippen molar-refractivity contribution in [1.29, 1.82) is 0 Å². The molecule has 0 atom stereocenters. The molecule has 0 radical (unpaired) electrons. The van der Waals surface area contributed by atoms with Crippen LogP contribution in [0.4, 0.5) is 0 Å². The summed E-state index contributed by atoms with van der Waals surface area (Å²) in [4.78, 5) is 20.0. The normalized spacial score (nSPS) is 10.0. The average molecular weight is 273 g/mol. The second-order valence-corrected chi connectivity index (χ2v) is 4.19. The van der Waals surface area contributed by atoms with E-state index in [4.69, 9.17) is 0 Å². The lowest BCUT2D eigenvalue weighted by molar-refractivity contribution is 0.0951. The van der Waals surface area contributed by atoms with Gasteiger partial charge in [-0.3, -0.25) is 4.79 Å². The Bertz CT molecular complexity index is 371. The van der Waals surface area contributed by atoms with Gasteiger partial charge < -0.3 is 10.6 Å². The van der Waals surface area contributed by atoms with Crippen LogP contribution in [0.5, 0.6) is 0 Å². The lowest BCUT2D eigenvalue weighted by Crippen LogP contribution is -2.28. The fourth-order valence-corrected chi connectivity index (χ4v) is 1.54. The highest BCUT2D eigenvalue weighted by Gasteiger charge is 2.14. The van der Waals surface area contributed by atoms with E-state index < -0.39 is 0 Å². The molecule has 5 nitrogen and oxygen atoms in total. The molecule has 102 valence electrons. The molecule has 1 amide bonds. The maximum absolute atomic E-state index is 11.9. The van der Waals surface area contributed by atoms with Gasteiger partial charge >= 0.3 is 0 Å². The number of carbonyl (C=O) groups is 1. The van der Waals surface area contributed by atoms with Gasteiger partial charge in [0.2, 0.25) is 0 Å². The minimum Gasteiger partial charge on any atom is -0.352 e. The molecule has 0 saturated carbocycles. The van der Waals surface area contributed by atoms with E-state index in [0.717, 1.165) is 18.7 Å². The first kappa shape index (κ1) is 16.8. The standard InChI is InChI=1S/C12H20N4O.ClH/c1-9(2)11-10(7-14-8-16-11)12(17)15-6-4-5-13-3;/h7-9,13H,4-6H2,1-3H3,(H,15,17);1H. The van der Waals surface area contributed by atoms with Crippen LogP contribution in [-0.4, -0.2) is 36.0 Å². The number of aromatic nitrogens is 2. The van der Waals surface area contributed by atoms with E-state index in [1.807, 2.05) is 20.9 Å². The molecule has 0 aromatic carbocycles. The van der Waals surface area contributed by atoms with Gasteiger partial charge in [0, 0.05) is 12.7 Å². The van der Waals surface area contributed by atoms with E-state index in [1.165, 1.54) is 6.33 Å². The van der Waals surface area contributed by atoms with Gasteiger partial charge in [-0.1, -0.05) is 13.8 Å². The van der Waals surface area contributed by atoms with Crippen molar-refractivity contribution >= 4 is 18.3 Å². The Morgan fingerprint density at radius 3 is 2.72 bits per heavy atom. The Labute approximate surface area is 114 Å². The van der Waals surface area contributed by atoms with Gasteiger partial charge in [0.25, 0.3) is 5.91 Å². The van der Waals surface area contributed by atoms with Crippen LogP contribution < -0.4 is 10.6 Å². The number of hydrogen-bond acceptors (Lipinski definition) is 4. The van der Waals surface area contributed by atoms with Gasteiger partial charge in [0.1, 0.15) is 6.33 Å². The monoisotopic (exact) mass is 272 g/mol. The molecule has 6 heteroatoms. The third-order valence-corrected chi connectivity index (χ3v) is 2.42. The minimum atomic E-state index is -0.0922. The minimum absolute atomic E-state index is 0. The third-order valence-electron chi connectivity index (χ3n) is 2.42. The Morgan fingerprint density at radius 2 is 2.11 bits per heavy atom. The average Bonchev–Trinajstić information content (AvgIpc) is 2.34. The molecule has 18 heavy (non-hydrogen) atoms. The smallest absolute Gasteiger partial charge is 0.254 e. The van der Waals surface area contributed by atoms with Crippen LogP contribution in [0.25, 0.3) is 0 Å². The van der Waals surface area contributed by atoms with Crippen molar-refractivity contribution in [3.63, 3.8) is 0 Å². The quantitative estimate of drug-likeness (QED) is 0.768. The van der Waals surface area contributed by atoms with Crippen molar-refractivity contribution in [3.05, 3.63) is 23.8 Å². The van der Waals surface area contributed by atoms with E-state index >= 15 is 0 Å².